The van der Waals surface area contributed by atoms with Gasteiger partial charge in [-0.2, -0.15) is 0 Å². The van der Waals surface area contributed by atoms with Gasteiger partial charge in [0.1, 0.15) is 0 Å². The summed E-state index contributed by atoms with van der Waals surface area (Å²) in [4.78, 5) is 22.5. The lowest BCUT2D eigenvalue weighted by molar-refractivity contribution is 0.0696. The number of Topliss-reactive ketones (excluding diaryl/α,β-unsaturated/α-hetero) is 1. The predicted octanol–water partition coefficient (Wildman–Crippen LogP) is 1.60. The molecule has 1 N–H and O–H groups in total. The minimum atomic E-state index is -0.983. The van der Waals surface area contributed by atoms with Crippen LogP contribution in [-0.2, 0) is 4.74 Å². The van der Waals surface area contributed by atoms with Crippen molar-refractivity contribution in [2.45, 2.75) is 6.42 Å². The first-order chi connectivity index (χ1) is 7.68. The monoisotopic (exact) mass is 220 g/mol. The van der Waals surface area contributed by atoms with Gasteiger partial charge in [0.15, 0.2) is 5.78 Å². The first-order valence-corrected chi connectivity index (χ1v) is 5.14. The summed E-state index contributed by atoms with van der Waals surface area (Å²) in [5.74, 6) is -1.02. The average molecular weight is 220 g/mol. The largest absolute Gasteiger partial charge is 0.478 e. The number of carbonyl (C=O) groups excluding carboxylic acids is 1. The number of ether oxygens (including phenoxy) is 1. The van der Waals surface area contributed by atoms with Crippen LogP contribution in [0.2, 0.25) is 0 Å². The summed E-state index contributed by atoms with van der Waals surface area (Å²) in [6.45, 7) is 1.10. The number of benzene rings is 1. The van der Waals surface area contributed by atoms with Crippen molar-refractivity contribution in [3.05, 3.63) is 35.4 Å². The van der Waals surface area contributed by atoms with Crippen molar-refractivity contribution in [3.63, 3.8) is 0 Å². The van der Waals surface area contributed by atoms with Gasteiger partial charge in [0.2, 0.25) is 0 Å². The molecule has 1 saturated heterocycles. The van der Waals surface area contributed by atoms with E-state index in [-0.39, 0.29) is 17.3 Å². The molecule has 0 spiro atoms. The summed E-state index contributed by atoms with van der Waals surface area (Å²) in [5, 5.41) is 8.72. The average Bonchev–Trinajstić information content (AvgIpc) is 2.81. The Kier molecular flexibility index (Phi) is 3.01. The highest BCUT2D eigenvalue weighted by molar-refractivity contribution is 5.99. The maximum atomic E-state index is 11.9. The SMILES string of the molecule is O=C(O)c1ccc(C(=O)C2CCOC2)cc1. The Hall–Kier alpha value is -1.68. The highest BCUT2D eigenvalue weighted by Gasteiger charge is 2.24. The molecular weight excluding hydrogens is 208 g/mol. The molecule has 1 unspecified atom stereocenters. The molecular formula is C12H12O4. The zero-order valence-corrected chi connectivity index (χ0v) is 8.68. The Morgan fingerprint density at radius 3 is 2.31 bits per heavy atom. The first-order valence-electron chi connectivity index (χ1n) is 5.14. The van der Waals surface area contributed by atoms with E-state index in [1.54, 1.807) is 12.1 Å². The van der Waals surface area contributed by atoms with Gasteiger partial charge in [0, 0.05) is 18.1 Å². The van der Waals surface area contributed by atoms with Crippen LogP contribution >= 0.6 is 0 Å². The number of hydrogen-bond donors (Lipinski definition) is 1. The van der Waals surface area contributed by atoms with Crippen LogP contribution in [0.1, 0.15) is 27.1 Å². The number of rotatable bonds is 3. The number of carboxylic acids is 1. The van der Waals surface area contributed by atoms with E-state index in [0.29, 0.717) is 18.8 Å². The van der Waals surface area contributed by atoms with E-state index in [0.717, 1.165) is 6.42 Å². The Labute approximate surface area is 92.8 Å². The van der Waals surface area contributed by atoms with E-state index in [9.17, 15) is 9.59 Å². The second kappa shape index (κ2) is 4.45. The zero-order valence-electron chi connectivity index (χ0n) is 8.68. The maximum absolute atomic E-state index is 11.9. The second-order valence-corrected chi connectivity index (χ2v) is 3.81. The van der Waals surface area contributed by atoms with Gasteiger partial charge in [-0.1, -0.05) is 12.1 Å². The molecule has 0 aromatic heterocycles. The van der Waals surface area contributed by atoms with E-state index in [4.69, 9.17) is 9.84 Å². The maximum Gasteiger partial charge on any atom is 0.335 e. The van der Waals surface area contributed by atoms with Crippen molar-refractivity contribution >= 4 is 11.8 Å². The Balaban J connectivity index is 2.14. The summed E-state index contributed by atoms with van der Waals surface area (Å²) in [5.41, 5.74) is 0.750. The lowest BCUT2D eigenvalue weighted by Crippen LogP contribution is -2.14. The number of hydrogen-bond acceptors (Lipinski definition) is 3. The van der Waals surface area contributed by atoms with E-state index in [2.05, 4.69) is 0 Å². The Morgan fingerprint density at radius 2 is 1.81 bits per heavy atom. The van der Waals surface area contributed by atoms with E-state index < -0.39 is 5.97 Å². The van der Waals surface area contributed by atoms with Gasteiger partial charge in [-0.25, -0.2) is 4.79 Å². The van der Waals surface area contributed by atoms with Crippen LogP contribution in [0.15, 0.2) is 24.3 Å². The van der Waals surface area contributed by atoms with Crippen LogP contribution in [0.25, 0.3) is 0 Å². The molecule has 0 aliphatic carbocycles. The molecule has 1 aromatic rings. The molecule has 0 saturated carbocycles. The standard InChI is InChI=1S/C12H12O4/c13-11(10-5-6-16-7-10)8-1-3-9(4-2-8)12(14)15/h1-4,10H,5-7H2,(H,14,15). The van der Waals surface area contributed by atoms with Crippen molar-refractivity contribution in [2.24, 2.45) is 5.92 Å². The predicted molar refractivity (Wildman–Crippen MR) is 56.7 cm³/mol. The lowest BCUT2D eigenvalue weighted by Gasteiger charge is -2.06. The second-order valence-electron chi connectivity index (χ2n) is 3.81. The molecule has 4 heteroatoms. The third-order valence-electron chi connectivity index (χ3n) is 2.72. The Morgan fingerprint density at radius 1 is 1.19 bits per heavy atom. The topological polar surface area (TPSA) is 63.6 Å². The fraction of sp³-hybridized carbons (Fsp3) is 0.333. The molecule has 0 amide bonds. The number of aromatic carboxylic acids is 1. The molecule has 4 nitrogen and oxygen atoms in total. The fourth-order valence-corrected chi connectivity index (χ4v) is 1.75. The van der Waals surface area contributed by atoms with Crippen LogP contribution in [-0.4, -0.2) is 30.1 Å². The minimum Gasteiger partial charge on any atom is -0.478 e. The number of ketones is 1. The van der Waals surface area contributed by atoms with Crippen LogP contribution in [0.4, 0.5) is 0 Å². The normalized spacial score (nSPS) is 19.6. The highest BCUT2D eigenvalue weighted by Crippen LogP contribution is 2.18. The summed E-state index contributed by atoms with van der Waals surface area (Å²) >= 11 is 0. The van der Waals surface area contributed by atoms with Crippen molar-refractivity contribution < 1.29 is 19.4 Å². The van der Waals surface area contributed by atoms with E-state index in [1.165, 1.54) is 12.1 Å². The molecule has 0 radical (unpaired) electrons. The molecule has 0 bridgehead atoms. The molecule has 2 rings (SSSR count). The van der Waals surface area contributed by atoms with Gasteiger partial charge in [-0.05, 0) is 18.6 Å². The molecule has 1 atom stereocenters. The number of carbonyl (C=O) groups is 2. The molecule has 1 fully saturated rings. The molecule has 84 valence electrons. The summed E-state index contributed by atoms with van der Waals surface area (Å²) in [7, 11) is 0. The number of carboxylic acid groups (broad SMARTS) is 1. The van der Waals surface area contributed by atoms with Crippen molar-refractivity contribution in [1.82, 2.24) is 0 Å². The van der Waals surface area contributed by atoms with Gasteiger partial charge in [0.25, 0.3) is 0 Å². The van der Waals surface area contributed by atoms with Crippen LogP contribution in [0.5, 0.6) is 0 Å². The smallest absolute Gasteiger partial charge is 0.335 e. The zero-order chi connectivity index (χ0) is 11.5. The van der Waals surface area contributed by atoms with Gasteiger partial charge >= 0.3 is 5.97 Å². The molecule has 1 aromatic carbocycles. The van der Waals surface area contributed by atoms with Gasteiger partial charge in [-0.3, -0.25) is 4.79 Å². The van der Waals surface area contributed by atoms with Crippen molar-refractivity contribution in [1.29, 1.82) is 0 Å². The van der Waals surface area contributed by atoms with Crippen LogP contribution < -0.4 is 0 Å². The van der Waals surface area contributed by atoms with E-state index in [1.807, 2.05) is 0 Å². The lowest BCUT2D eigenvalue weighted by atomic mass is 9.96. The Bertz CT molecular complexity index is 402. The highest BCUT2D eigenvalue weighted by atomic mass is 16.5. The van der Waals surface area contributed by atoms with Crippen LogP contribution in [0.3, 0.4) is 0 Å². The van der Waals surface area contributed by atoms with Crippen molar-refractivity contribution in [2.75, 3.05) is 13.2 Å². The van der Waals surface area contributed by atoms with Crippen molar-refractivity contribution in [3.8, 4) is 0 Å². The summed E-state index contributed by atoms with van der Waals surface area (Å²) < 4.78 is 5.15. The van der Waals surface area contributed by atoms with Crippen LogP contribution in [0, 0.1) is 5.92 Å². The summed E-state index contributed by atoms with van der Waals surface area (Å²) in [6.07, 6.45) is 0.750. The van der Waals surface area contributed by atoms with Gasteiger partial charge < -0.3 is 9.84 Å². The third-order valence-corrected chi connectivity index (χ3v) is 2.72. The van der Waals surface area contributed by atoms with E-state index >= 15 is 0 Å². The molecule has 1 aliphatic rings. The van der Waals surface area contributed by atoms with Gasteiger partial charge in [-0.15, -0.1) is 0 Å². The minimum absolute atomic E-state index is 0.0365. The quantitative estimate of drug-likeness (QED) is 0.786. The third kappa shape index (κ3) is 2.12. The molecule has 16 heavy (non-hydrogen) atoms. The molecule has 1 heterocycles. The molecule has 1 aliphatic heterocycles. The fourth-order valence-electron chi connectivity index (χ4n) is 1.75. The first kappa shape index (κ1) is 10.8. The van der Waals surface area contributed by atoms with Gasteiger partial charge in [0.05, 0.1) is 12.2 Å². The summed E-state index contributed by atoms with van der Waals surface area (Å²) in [6, 6.07) is 6.02.